The third-order valence-electron chi connectivity index (χ3n) is 2.16. The van der Waals surface area contributed by atoms with Gasteiger partial charge in [0.25, 0.3) is 10.0 Å². The van der Waals surface area contributed by atoms with Crippen molar-refractivity contribution in [2.75, 3.05) is 10.5 Å². The van der Waals surface area contributed by atoms with Crippen molar-refractivity contribution in [3.63, 3.8) is 0 Å². The van der Waals surface area contributed by atoms with Crippen molar-refractivity contribution in [1.29, 1.82) is 0 Å². The first-order valence-corrected chi connectivity index (χ1v) is 7.53. The fourth-order valence-corrected chi connectivity index (χ4v) is 2.61. The van der Waals surface area contributed by atoms with Crippen LogP contribution in [0, 0.1) is 3.57 Å². The van der Waals surface area contributed by atoms with Crippen LogP contribution in [-0.4, -0.2) is 13.4 Å². The molecule has 0 bridgehead atoms. The van der Waals surface area contributed by atoms with E-state index in [1.54, 1.807) is 18.3 Å². The van der Waals surface area contributed by atoms with E-state index >= 15 is 0 Å². The summed E-state index contributed by atoms with van der Waals surface area (Å²) in [6.45, 7) is 0. The summed E-state index contributed by atoms with van der Waals surface area (Å²) in [4.78, 5) is 4.13. The zero-order valence-corrected chi connectivity index (χ0v) is 12.1. The average Bonchev–Trinajstić information content (AvgIpc) is 2.32. The van der Waals surface area contributed by atoms with Crippen LogP contribution in [0.5, 0.6) is 0 Å². The molecule has 0 amide bonds. The number of sulfonamides is 1. The Morgan fingerprint density at radius 3 is 2.33 bits per heavy atom. The molecule has 0 aliphatic rings. The van der Waals surface area contributed by atoms with Gasteiger partial charge in [-0.1, -0.05) is 0 Å². The molecule has 2 aromatic rings. The van der Waals surface area contributed by atoms with E-state index in [9.17, 15) is 8.42 Å². The minimum atomic E-state index is -3.61. The third kappa shape index (κ3) is 3.10. The van der Waals surface area contributed by atoms with Gasteiger partial charge in [0, 0.05) is 15.5 Å². The monoisotopic (exact) mass is 375 g/mol. The second-order valence-corrected chi connectivity index (χ2v) is 6.46. The maximum absolute atomic E-state index is 12.0. The lowest BCUT2D eigenvalue weighted by Crippen LogP contribution is -2.13. The van der Waals surface area contributed by atoms with Gasteiger partial charge in [-0.15, -0.1) is 0 Å². The molecular weight excluding hydrogens is 365 g/mol. The molecule has 0 fully saturated rings. The van der Waals surface area contributed by atoms with Gasteiger partial charge in [0.15, 0.2) is 0 Å². The van der Waals surface area contributed by atoms with Crippen LogP contribution in [0.3, 0.4) is 0 Å². The van der Waals surface area contributed by atoms with Crippen LogP contribution in [-0.2, 0) is 10.0 Å². The average molecular weight is 375 g/mol. The van der Waals surface area contributed by atoms with Gasteiger partial charge in [-0.25, -0.2) is 13.4 Å². The summed E-state index contributed by atoms with van der Waals surface area (Å²) in [5.74, 6) is 0.284. The SMILES string of the molecule is Nc1ccc(S(=O)(=O)Nc2ccc(I)cn2)cc1. The first-order chi connectivity index (χ1) is 8.47. The normalized spacial score (nSPS) is 11.2. The lowest BCUT2D eigenvalue weighted by atomic mass is 10.3. The van der Waals surface area contributed by atoms with Crippen molar-refractivity contribution in [3.05, 3.63) is 46.2 Å². The highest BCUT2D eigenvalue weighted by atomic mass is 127. The summed E-state index contributed by atoms with van der Waals surface area (Å²) < 4.78 is 27.3. The predicted octanol–water partition coefficient (Wildman–Crippen LogP) is 2.07. The summed E-state index contributed by atoms with van der Waals surface area (Å²) in [7, 11) is -3.61. The van der Waals surface area contributed by atoms with Gasteiger partial charge in [0.2, 0.25) is 0 Å². The number of nitrogens with one attached hydrogen (secondary N) is 1. The molecule has 94 valence electrons. The summed E-state index contributed by atoms with van der Waals surface area (Å²) in [5, 5.41) is 0. The van der Waals surface area contributed by atoms with Gasteiger partial charge < -0.3 is 5.73 Å². The largest absolute Gasteiger partial charge is 0.399 e. The Morgan fingerprint density at radius 2 is 1.78 bits per heavy atom. The van der Waals surface area contributed by atoms with Gasteiger partial charge in [-0.2, -0.15) is 0 Å². The van der Waals surface area contributed by atoms with Crippen molar-refractivity contribution in [3.8, 4) is 0 Å². The van der Waals surface area contributed by atoms with Gasteiger partial charge in [-0.05, 0) is 59.0 Å². The molecule has 0 spiro atoms. The first kappa shape index (κ1) is 13.1. The highest BCUT2D eigenvalue weighted by Crippen LogP contribution is 2.16. The molecule has 1 aromatic heterocycles. The highest BCUT2D eigenvalue weighted by molar-refractivity contribution is 14.1. The molecule has 3 N–H and O–H groups in total. The molecule has 5 nitrogen and oxygen atoms in total. The number of aromatic nitrogens is 1. The number of nitrogens with zero attached hydrogens (tertiary/aromatic N) is 1. The number of hydrogen-bond acceptors (Lipinski definition) is 4. The molecule has 2 rings (SSSR count). The first-order valence-electron chi connectivity index (χ1n) is 4.97. The molecule has 0 aliphatic carbocycles. The standard InChI is InChI=1S/C11H10IN3O2S/c12-8-1-6-11(14-7-8)15-18(16,17)10-4-2-9(13)3-5-10/h1-7H,13H2,(H,14,15). The topological polar surface area (TPSA) is 85.1 Å². The number of pyridine rings is 1. The molecular formula is C11H10IN3O2S. The van der Waals surface area contributed by atoms with E-state index in [1.807, 2.05) is 0 Å². The Labute approximate surface area is 119 Å². The van der Waals surface area contributed by atoms with E-state index in [0.29, 0.717) is 5.69 Å². The van der Waals surface area contributed by atoms with Crippen LogP contribution >= 0.6 is 22.6 Å². The molecule has 0 saturated carbocycles. The van der Waals surface area contributed by atoms with Crippen molar-refractivity contribution in [2.45, 2.75) is 4.90 Å². The number of rotatable bonds is 3. The molecule has 1 heterocycles. The number of hydrogen-bond donors (Lipinski definition) is 2. The van der Waals surface area contributed by atoms with Crippen molar-refractivity contribution < 1.29 is 8.42 Å². The van der Waals surface area contributed by atoms with Crippen LogP contribution in [0.2, 0.25) is 0 Å². The molecule has 7 heteroatoms. The summed E-state index contributed by atoms with van der Waals surface area (Å²) in [5.41, 5.74) is 6.03. The van der Waals surface area contributed by atoms with Crippen LogP contribution < -0.4 is 10.5 Å². The molecule has 0 atom stereocenters. The molecule has 0 saturated heterocycles. The van der Waals surface area contributed by atoms with Crippen LogP contribution in [0.15, 0.2) is 47.5 Å². The van der Waals surface area contributed by atoms with Crippen LogP contribution in [0.25, 0.3) is 0 Å². The Kier molecular flexibility index (Phi) is 3.71. The zero-order chi connectivity index (χ0) is 13.2. The summed E-state index contributed by atoms with van der Waals surface area (Å²) >= 11 is 2.10. The smallest absolute Gasteiger partial charge is 0.263 e. The Morgan fingerprint density at radius 1 is 1.11 bits per heavy atom. The van der Waals surface area contributed by atoms with E-state index in [4.69, 9.17) is 5.73 Å². The molecule has 0 unspecified atom stereocenters. The van der Waals surface area contributed by atoms with E-state index in [-0.39, 0.29) is 10.7 Å². The quantitative estimate of drug-likeness (QED) is 0.636. The number of nitrogens with two attached hydrogens (primary N) is 1. The zero-order valence-electron chi connectivity index (χ0n) is 9.17. The summed E-state index contributed by atoms with van der Waals surface area (Å²) in [6.07, 6.45) is 1.58. The maximum atomic E-state index is 12.0. The second kappa shape index (κ2) is 5.11. The van der Waals surface area contributed by atoms with E-state index in [1.165, 1.54) is 24.3 Å². The Bertz CT molecular complexity index is 639. The maximum Gasteiger partial charge on any atom is 0.263 e. The highest BCUT2D eigenvalue weighted by Gasteiger charge is 2.14. The van der Waals surface area contributed by atoms with E-state index < -0.39 is 10.0 Å². The molecule has 1 aromatic carbocycles. The summed E-state index contributed by atoms with van der Waals surface area (Å²) in [6, 6.07) is 9.35. The number of halogens is 1. The number of anilines is 2. The Balaban J connectivity index is 2.27. The van der Waals surface area contributed by atoms with Crippen LogP contribution in [0.1, 0.15) is 0 Å². The second-order valence-electron chi connectivity index (χ2n) is 3.54. The van der Waals surface area contributed by atoms with Gasteiger partial charge in [-0.3, -0.25) is 4.72 Å². The molecule has 0 radical (unpaired) electrons. The number of nitrogen functional groups attached to an aromatic ring is 1. The molecule has 0 aliphatic heterocycles. The van der Waals surface area contributed by atoms with Crippen molar-refractivity contribution in [1.82, 2.24) is 4.98 Å². The minimum Gasteiger partial charge on any atom is -0.399 e. The van der Waals surface area contributed by atoms with Crippen LogP contribution in [0.4, 0.5) is 11.5 Å². The fourth-order valence-electron chi connectivity index (χ4n) is 1.28. The van der Waals surface area contributed by atoms with E-state index in [0.717, 1.165) is 3.57 Å². The lowest BCUT2D eigenvalue weighted by Gasteiger charge is -2.07. The minimum absolute atomic E-state index is 0.150. The van der Waals surface area contributed by atoms with Crippen molar-refractivity contribution in [2.24, 2.45) is 0 Å². The molecule has 18 heavy (non-hydrogen) atoms. The fraction of sp³-hybridized carbons (Fsp3) is 0. The Hall–Kier alpha value is -1.35. The van der Waals surface area contributed by atoms with Gasteiger partial charge in [0.1, 0.15) is 5.82 Å². The third-order valence-corrected chi connectivity index (χ3v) is 4.17. The van der Waals surface area contributed by atoms with Crippen molar-refractivity contribution >= 4 is 44.1 Å². The predicted molar refractivity (Wildman–Crippen MR) is 78.6 cm³/mol. The van der Waals surface area contributed by atoms with E-state index in [2.05, 4.69) is 32.3 Å². The van der Waals surface area contributed by atoms with Gasteiger partial charge >= 0.3 is 0 Å². The lowest BCUT2D eigenvalue weighted by molar-refractivity contribution is 0.601. The van der Waals surface area contributed by atoms with Gasteiger partial charge in [0.05, 0.1) is 4.90 Å². The number of benzene rings is 1.